The van der Waals surface area contributed by atoms with Crippen molar-refractivity contribution in [3.05, 3.63) is 73.3 Å². The second-order valence-electron chi connectivity index (χ2n) is 8.22. The van der Waals surface area contributed by atoms with Gasteiger partial charge in [0.2, 0.25) is 0 Å². The van der Waals surface area contributed by atoms with E-state index in [4.69, 9.17) is 8.61 Å². The minimum atomic E-state index is -3.43. The SMILES string of the molecule is C=CC(CCCOS(C)(=O)=O)O[Si](c1ccccc1)(c1ccccc1)C(C)(C)C. The Kier molecular flexibility index (Phi) is 7.99. The van der Waals surface area contributed by atoms with Crippen molar-refractivity contribution in [2.24, 2.45) is 0 Å². The molecule has 0 aliphatic heterocycles. The minimum absolute atomic E-state index is 0.125. The van der Waals surface area contributed by atoms with Gasteiger partial charge in [0.15, 0.2) is 0 Å². The molecule has 4 nitrogen and oxygen atoms in total. The highest BCUT2D eigenvalue weighted by atomic mass is 32.2. The molecule has 29 heavy (non-hydrogen) atoms. The van der Waals surface area contributed by atoms with Crippen LogP contribution in [0.25, 0.3) is 0 Å². The summed E-state index contributed by atoms with van der Waals surface area (Å²) in [6.07, 6.45) is 3.90. The fourth-order valence-corrected chi connectivity index (χ4v) is 8.74. The van der Waals surface area contributed by atoms with Crippen molar-refractivity contribution in [2.45, 2.75) is 44.8 Å². The van der Waals surface area contributed by atoms with E-state index in [1.54, 1.807) is 0 Å². The quantitative estimate of drug-likeness (QED) is 0.247. The topological polar surface area (TPSA) is 52.6 Å². The maximum Gasteiger partial charge on any atom is 0.264 e. The molecule has 0 aliphatic rings. The largest absolute Gasteiger partial charge is 0.401 e. The van der Waals surface area contributed by atoms with Crippen LogP contribution in [0, 0.1) is 0 Å². The van der Waals surface area contributed by atoms with Crippen LogP contribution in [0.15, 0.2) is 73.3 Å². The lowest BCUT2D eigenvalue weighted by Crippen LogP contribution is -2.67. The van der Waals surface area contributed by atoms with Crippen molar-refractivity contribution in [1.29, 1.82) is 0 Å². The van der Waals surface area contributed by atoms with Crippen LogP contribution in [0.2, 0.25) is 5.04 Å². The van der Waals surface area contributed by atoms with Gasteiger partial charge >= 0.3 is 0 Å². The Morgan fingerprint density at radius 1 is 1.00 bits per heavy atom. The fraction of sp³-hybridized carbons (Fsp3) is 0.391. The molecule has 0 radical (unpaired) electrons. The van der Waals surface area contributed by atoms with Gasteiger partial charge in [0, 0.05) is 0 Å². The Hall–Kier alpha value is -1.73. The van der Waals surface area contributed by atoms with Gasteiger partial charge in [-0.25, -0.2) is 0 Å². The standard InChI is InChI=1S/C23H32O4SSi/c1-6-20(14-13-19-26-28(5,24)25)27-29(23(2,3)4,21-15-9-7-10-16-21)22-17-11-8-12-18-22/h6-12,15-18,20H,1,13-14,19H2,2-5H3. The fourth-order valence-electron chi connectivity index (χ4n) is 3.64. The van der Waals surface area contributed by atoms with Crippen LogP contribution in [0.1, 0.15) is 33.6 Å². The predicted octanol–water partition coefficient (Wildman–Crippen LogP) is 3.87. The van der Waals surface area contributed by atoms with E-state index in [0.29, 0.717) is 12.8 Å². The third kappa shape index (κ3) is 6.12. The van der Waals surface area contributed by atoms with E-state index in [0.717, 1.165) is 6.26 Å². The Labute approximate surface area is 176 Å². The zero-order valence-corrected chi connectivity index (χ0v) is 19.6. The molecule has 2 aromatic carbocycles. The van der Waals surface area contributed by atoms with E-state index in [9.17, 15) is 8.42 Å². The van der Waals surface area contributed by atoms with Gasteiger partial charge in [-0.15, -0.1) is 6.58 Å². The molecule has 2 aromatic rings. The first-order valence-corrected chi connectivity index (χ1v) is 13.6. The summed E-state index contributed by atoms with van der Waals surface area (Å²) in [5.41, 5.74) is 0. The highest BCUT2D eigenvalue weighted by molar-refractivity contribution is 7.85. The molecule has 0 spiro atoms. The van der Waals surface area contributed by atoms with Crippen LogP contribution >= 0.6 is 0 Å². The summed E-state index contributed by atoms with van der Waals surface area (Å²) in [5, 5.41) is 2.29. The lowest BCUT2D eigenvalue weighted by Gasteiger charge is -2.44. The van der Waals surface area contributed by atoms with E-state index < -0.39 is 18.4 Å². The Bertz CT molecular complexity index is 835. The van der Waals surface area contributed by atoms with Crippen LogP contribution in [0.3, 0.4) is 0 Å². The first kappa shape index (κ1) is 23.5. The summed E-state index contributed by atoms with van der Waals surface area (Å²) in [6.45, 7) is 10.8. The van der Waals surface area contributed by atoms with Crippen molar-refractivity contribution >= 4 is 28.8 Å². The molecule has 0 bridgehead atoms. The monoisotopic (exact) mass is 432 g/mol. The maximum absolute atomic E-state index is 11.2. The molecule has 0 saturated carbocycles. The van der Waals surface area contributed by atoms with Gasteiger partial charge in [-0.2, -0.15) is 8.42 Å². The second kappa shape index (κ2) is 9.85. The summed E-state index contributed by atoms with van der Waals surface area (Å²) in [4.78, 5) is 0. The van der Waals surface area contributed by atoms with Crippen LogP contribution < -0.4 is 10.4 Å². The highest BCUT2D eigenvalue weighted by Crippen LogP contribution is 2.38. The number of benzene rings is 2. The van der Waals surface area contributed by atoms with Crippen molar-refractivity contribution in [3.8, 4) is 0 Å². The summed E-state index contributed by atoms with van der Waals surface area (Å²) in [7, 11) is -6.09. The molecule has 0 amide bonds. The molecule has 158 valence electrons. The van der Waals surface area contributed by atoms with Gasteiger partial charge < -0.3 is 4.43 Å². The predicted molar refractivity (Wildman–Crippen MR) is 123 cm³/mol. The summed E-state index contributed by atoms with van der Waals surface area (Å²) >= 11 is 0. The van der Waals surface area contributed by atoms with Gasteiger partial charge in [0.05, 0.1) is 19.0 Å². The van der Waals surface area contributed by atoms with E-state index in [1.165, 1.54) is 10.4 Å². The second-order valence-corrected chi connectivity index (χ2v) is 14.1. The van der Waals surface area contributed by atoms with Crippen molar-refractivity contribution in [1.82, 2.24) is 0 Å². The normalized spacial score (nSPS) is 13.8. The highest BCUT2D eigenvalue weighted by Gasteiger charge is 2.51. The van der Waals surface area contributed by atoms with Gasteiger partial charge in [-0.05, 0) is 28.3 Å². The molecule has 0 N–H and O–H groups in total. The average molecular weight is 433 g/mol. The molecular weight excluding hydrogens is 400 g/mol. The van der Waals surface area contributed by atoms with Gasteiger partial charge in [-0.1, -0.05) is 87.5 Å². The van der Waals surface area contributed by atoms with E-state index in [1.807, 2.05) is 18.2 Å². The van der Waals surface area contributed by atoms with Gasteiger partial charge in [0.1, 0.15) is 0 Å². The molecule has 0 aliphatic carbocycles. The van der Waals surface area contributed by atoms with Crippen LogP contribution in [-0.4, -0.2) is 35.7 Å². The first-order valence-electron chi connectivity index (χ1n) is 9.86. The first-order chi connectivity index (χ1) is 13.6. The van der Waals surface area contributed by atoms with E-state index in [-0.39, 0.29) is 17.7 Å². The van der Waals surface area contributed by atoms with Crippen molar-refractivity contribution in [2.75, 3.05) is 12.9 Å². The lowest BCUT2D eigenvalue weighted by molar-refractivity contribution is 0.206. The van der Waals surface area contributed by atoms with Gasteiger partial charge in [-0.3, -0.25) is 4.18 Å². The molecular formula is C23H32O4SSi. The van der Waals surface area contributed by atoms with E-state index in [2.05, 4.69) is 75.9 Å². The van der Waals surface area contributed by atoms with Crippen LogP contribution in [-0.2, 0) is 18.7 Å². The van der Waals surface area contributed by atoms with E-state index >= 15 is 0 Å². The Balaban J connectivity index is 2.40. The third-order valence-corrected chi connectivity index (χ3v) is 10.6. The average Bonchev–Trinajstić information content (AvgIpc) is 2.67. The van der Waals surface area contributed by atoms with Crippen molar-refractivity contribution < 1.29 is 17.0 Å². The lowest BCUT2D eigenvalue weighted by atomic mass is 10.2. The molecule has 6 heteroatoms. The summed E-state index contributed by atoms with van der Waals surface area (Å²) in [5.74, 6) is 0. The smallest absolute Gasteiger partial charge is 0.264 e. The maximum atomic E-state index is 11.2. The minimum Gasteiger partial charge on any atom is -0.401 e. The molecule has 0 heterocycles. The Morgan fingerprint density at radius 2 is 1.48 bits per heavy atom. The molecule has 2 rings (SSSR count). The molecule has 0 aromatic heterocycles. The Morgan fingerprint density at radius 3 is 1.86 bits per heavy atom. The number of hydrogen-bond donors (Lipinski definition) is 0. The zero-order chi connectivity index (χ0) is 21.5. The molecule has 0 fully saturated rings. The number of hydrogen-bond acceptors (Lipinski definition) is 4. The van der Waals surface area contributed by atoms with Crippen molar-refractivity contribution in [3.63, 3.8) is 0 Å². The molecule has 0 saturated heterocycles. The van der Waals surface area contributed by atoms with Crippen LogP contribution in [0.5, 0.6) is 0 Å². The molecule has 1 unspecified atom stereocenters. The summed E-state index contributed by atoms with van der Waals surface area (Å²) in [6, 6.07) is 20.9. The third-order valence-electron chi connectivity index (χ3n) is 4.94. The van der Waals surface area contributed by atoms with Crippen LogP contribution in [0.4, 0.5) is 0 Å². The summed E-state index contributed by atoms with van der Waals surface area (Å²) < 4.78 is 34.3. The number of rotatable bonds is 10. The zero-order valence-electron chi connectivity index (χ0n) is 17.8. The van der Waals surface area contributed by atoms with Gasteiger partial charge in [0.25, 0.3) is 18.4 Å². The molecule has 1 atom stereocenters.